The largest absolute Gasteiger partial charge is 0.437 e. The summed E-state index contributed by atoms with van der Waals surface area (Å²) in [5.41, 5.74) is 6.94. The van der Waals surface area contributed by atoms with Gasteiger partial charge in [0, 0.05) is 30.5 Å². The van der Waals surface area contributed by atoms with Crippen molar-refractivity contribution in [1.82, 2.24) is 20.2 Å². The number of urea groups is 1. The van der Waals surface area contributed by atoms with Gasteiger partial charge in [0.2, 0.25) is 11.8 Å². The summed E-state index contributed by atoms with van der Waals surface area (Å²) in [5, 5.41) is 2.84. The van der Waals surface area contributed by atoms with Crippen LogP contribution in [0.4, 0.5) is 4.79 Å². The zero-order valence-corrected chi connectivity index (χ0v) is 14.5. The highest BCUT2D eigenvalue weighted by molar-refractivity contribution is 5.87. The molecule has 1 aliphatic heterocycles. The Bertz CT molecular complexity index is 794. The quantitative estimate of drug-likeness (QED) is 0.849. The van der Waals surface area contributed by atoms with Gasteiger partial charge in [-0.15, -0.1) is 0 Å². The number of aromatic nitrogens is 2. The van der Waals surface area contributed by atoms with E-state index < -0.39 is 12.1 Å². The lowest BCUT2D eigenvalue weighted by Gasteiger charge is -2.21. The van der Waals surface area contributed by atoms with Crippen molar-refractivity contribution in [2.75, 3.05) is 6.54 Å². The van der Waals surface area contributed by atoms with E-state index in [-0.39, 0.29) is 12.5 Å². The number of likely N-dealkylation sites (tertiary alicyclic amines) is 1. The topological polar surface area (TPSA) is 110 Å². The molecule has 0 spiro atoms. The maximum atomic E-state index is 12.4. The standard InChI is InChI=1S/C18H21N5O3/c1-12-6-7-14(11-21-12)26-17-13(4-2-8-20-17)10-22-16(24)15-5-3-9-23(15)18(19)25/h2,4,6-8,11,15H,3,5,9-10H2,1H3,(H2,19,25)(H,22,24)/t15-/m0/s1. The van der Waals surface area contributed by atoms with Crippen LogP contribution in [-0.2, 0) is 11.3 Å². The van der Waals surface area contributed by atoms with Crippen molar-refractivity contribution in [1.29, 1.82) is 0 Å². The SMILES string of the molecule is Cc1ccc(Oc2ncccc2CNC(=O)[C@@H]2CCCN2C(N)=O)cn1. The molecule has 8 heteroatoms. The van der Waals surface area contributed by atoms with Crippen molar-refractivity contribution in [2.24, 2.45) is 5.73 Å². The number of hydrogen-bond donors (Lipinski definition) is 2. The van der Waals surface area contributed by atoms with Crippen LogP contribution < -0.4 is 15.8 Å². The van der Waals surface area contributed by atoms with E-state index >= 15 is 0 Å². The van der Waals surface area contributed by atoms with Gasteiger partial charge in [-0.2, -0.15) is 0 Å². The number of nitrogens with zero attached hydrogens (tertiary/aromatic N) is 3. The Labute approximate surface area is 151 Å². The summed E-state index contributed by atoms with van der Waals surface area (Å²) in [7, 11) is 0. The molecule has 3 heterocycles. The van der Waals surface area contributed by atoms with E-state index in [2.05, 4.69) is 15.3 Å². The van der Waals surface area contributed by atoms with Crippen LogP contribution in [0, 0.1) is 6.92 Å². The van der Waals surface area contributed by atoms with Crippen LogP contribution in [0.25, 0.3) is 0 Å². The molecule has 3 rings (SSSR count). The van der Waals surface area contributed by atoms with E-state index in [1.807, 2.05) is 25.1 Å². The molecule has 136 valence electrons. The van der Waals surface area contributed by atoms with Gasteiger partial charge >= 0.3 is 6.03 Å². The number of nitrogens with one attached hydrogen (secondary N) is 1. The Morgan fingerprint density at radius 3 is 2.92 bits per heavy atom. The van der Waals surface area contributed by atoms with E-state index in [4.69, 9.17) is 10.5 Å². The molecule has 2 aromatic heterocycles. The van der Waals surface area contributed by atoms with Crippen molar-refractivity contribution >= 4 is 11.9 Å². The highest BCUT2D eigenvalue weighted by Crippen LogP contribution is 2.23. The van der Waals surface area contributed by atoms with Gasteiger partial charge < -0.3 is 20.7 Å². The second kappa shape index (κ2) is 7.81. The van der Waals surface area contributed by atoms with Crippen molar-refractivity contribution in [3.8, 4) is 11.6 Å². The number of carbonyl (C=O) groups is 2. The van der Waals surface area contributed by atoms with Crippen LogP contribution in [-0.4, -0.2) is 39.4 Å². The maximum absolute atomic E-state index is 12.4. The molecule has 0 radical (unpaired) electrons. The number of hydrogen-bond acceptors (Lipinski definition) is 5. The fourth-order valence-corrected chi connectivity index (χ4v) is 2.88. The van der Waals surface area contributed by atoms with Gasteiger partial charge in [-0.1, -0.05) is 6.07 Å². The van der Waals surface area contributed by atoms with Crippen LogP contribution >= 0.6 is 0 Å². The van der Waals surface area contributed by atoms with E-state index in [1.165, 1.54) is 4.90 Å². The molecule has 1 aliphatic rings. The lowest BCUT2D eigenvalue weighted by molar-refractivity contribution is -0.124. The molecule has 0 aromatic carbocycles. The summed E-state index contributed by atoms with van der Waals surface area (Å²) in [6.07, 6.45) is 4.62. The van der Waals surface area contributed by atoms with Gasteiger partial charge in [-0.3, -0.25) is 9.78 Å². The smallest absolute Gasteiger partial charge is 0.315 e. The monoisotopic (exact) mass is 355 g/mol. The first-order chi connectivity index (χ1) is 12.5. The third-order valence-corrected chi connectivity index (χ3v) is 4.24. The Kier molecular flexibility index (Phi) is 5.31. The molecule has 3 N–H and O–H groups in total. The van der Waals surface area contributed by atoms with Crippen molar-refractivity contribution < 1.29 is 14.3 Å². The molecule has 2 aromatic rings. The molecule has 1 atom stereocenters. The average molecular weight is 355 g/mol. The van der Waals surface area contributed by atoms with Gasteiger partial charge in [-0.25, -0.2) is 9.78 Å². The first-order valence-corrected chi connectivity index (χ1v) is 8.43. The van der Waals surface area contributed by atoms with E-state index in [1.54, 1.807) is 18.5 Å². The Balaban J connectivity index is 1.66. The molecule has 0 saturated carbocycles. The molecule has 1 saturated heterocycles. The average Bonchev–Trinajstić information content (AvgIpc) is 3.13. The van der Waals surface area contributed by atoms with Crippen LogP contribution in [0.3, 0.4) is 0 Å². The highest BCUT2D eigenvalue weighted by Gasteiger charge is 2.32. The number of primary amides is 1. The molecular formula is C18H21N5O3. The summed E-state index contributed by atoms with van der Waals surface area (Å²) in [6, 6.07) is 6.16. The third kappa shape index (κ3) is 4.08. The number of rotatable bonds is 5. The molecule has 0 unspecified atom stereocenters. The Morgan fingerprint density at radius 2 is 2.19 bits per heavy atom. The van der Waals surface area contributed by atoms with Crippen molar-refractivity contribution in [2.45, 2.75) is 32.4 Å². The van der Waals surface area contributed by atoms with Gasteiger partial charge in [0.1, 0.15) is 11.8 Å². The fourth-order valence-electron chi connectivity index (χ4n) is 2.88. The fraction of sp³-hybridized carbons (Fsp3) is 0.333. The zero-order chi connectivity index (χ0) is 18.5. The first-order valence-electron chi connectivity index (χ1n) is 8.43. The predicted molar refractivity (Wildman–Crippen MR) is 94.4 cm³/mol. The first kappa shape index (κ1) is 17.7. The number of ether oxygens (including phenoxy) is 1. The van der Waals surface area contributed by atoms with Crippen molar-refractivity contribution in [3.63, 3.8) is 0 Å². The van der Waals surface area contributed by atoms with Gasteiger partial charge in [0.15, 0.2) is 0 Å². The number of nitrogens with two attached hydrogens (primary N) is 1. The maximum Gasteiger partial charge on any atom is 0.315 e. The third-order valence-electron chi connectivity index (χ3n) is 4.24. The molecule has 26 heavy (non-hydrogen) atoms. The second-order valence-electron chi connectivity index (χ2n) is 6.11. The van der Waals surface area contributed by atoms with Gasteiger partial charge in [-0.05, 0) is 38.0 Å². The summed E-state index contributed by atoms with van der Waals surface area (Å²) in [5.74, 6) is 0.738. The van der Waals surface area contributed by atoms with E-state index in [9.17, 15) is 9.59 Å². The Morgan fingerprint density at radius 1 is 1.35 bits per heavy atom. The minimum Gasteiger partial charge on any atom is -0.437 e. The van der Waals surface area contributed by atoms with Crippen molar-refractivity contribution in [3.05, 3.63) is 47.9 Å². The summed E-state index contributed by atoms with van der Waals surface area (Å²) in [6.45, 7) is 2.64. The zero-order valence-electron chi connectivity index (χ0n) is 14.5. The number of carbonyl (C=O) groups excluding carboxylic acids is 2. The molecule has 0 bridgehead atoms. The normalized spacial score (nSPS) is 16.3. The summed E-state index contributed by atoms with van der Waals surface area (Å²) < 4.78 is 5.77. The highest BCUT2D eigenvalue weighted by atomic mass is 16.5. The van der Waals surface area contributed by atoms with Gasteiger partial charge in [0.05, 0.1) is 6.20 Å². The lowest BCUT2D eigenvalue weighted by Crippen LogP contribution is -2.47. The molecule has 3 amide bonds. The van der Waals surface area contributed by atoms with E-state index in [0.29, 0.717) is 24.6 Å². The summed E-state index contributed by atoms with van der Waals surface area (Å²) >= 11 is 0. The lowest BCUT2D eigenvalue weighted by atomic mass is 10.2. The number of pyridine rings is 2. The van der Waals surface area contributed by atoms with Crippen LogP contribution in [0.2, 0.25) is 0 Å². The summed E-state index contributed by atoms with van der Waals surface area (Å²) in [4.78, 5) is 33.6. The molecule has 1 fully saturated rings. The van der Waals surface area contributed by atoms with Gasteiger partial charge in [0.25, 0.3) is 0 Å². The molecule has 0 aliphatic carbocycles. The molecular weight excluding hydrogens is 334 g/mol. The molecule has 8 nitrogen and oxygen atoms in total. The predicted octanol–water partition coefficient (Wildman–Crippen LogP) is 1.74. The van der Waals surface area contributed by atoms with Crippen LogP contribution in [0.5, 0.6) is 11.6 Å². The number of aryl methyl sites for hydroxylation is 1. The minimum absolute atomic E-state index is 0.229. The Hall–Kier alpha value is -3.16. The number of amides is 3. The minimum atomic E-state index is -0.570. The second-order valence-corrected chi connectivity index (χ2v) is 6.11. The van der Waals surface area contributed by atoms with Crippen LogP contribution in [0.15, 0.2) is 36.7 Å². The van der Waals surface area contributed by atoms with E-state index in [0.717, 1.165) is 17.7 Å². The van der Waals surface area contributed by atoms with Crippen LogP contribution in [0.1, 0.15) is 24.1 Å².